The molecule has 0 bridgehead atoms. The molecule has 0 spiro atoms. The summed E-state index contributed by atoms with van der Waals surface area (Å²) in [5.41, 5.74) is 0. The maximum absolute atomic E-state index is 12.5. The number of aliphatic hydroxyl groups is 1. The summed E-state index contributed by atoms with van der Waals surface area (Å²) in [5, 5.41) is 12.1. The molecule has 0 aromatic carbocycles. The molecule has 0 aromatic rings. The lowest BCUT2D eigenvalue weighted by molar-refractivity contribution is -0.222. The average Bonchev–Trinajstić information content (AvgIpc) is 2.43. The highest BCUT2D eigenvalue weighted by molar-refractivity contribution is 5.74. The van der Waals surface area contributed by atoms with Crippen LogP contribution in [-0.4, -0.2) is 73.0 Å². The van der Waals surface area contributed by atoms with Crippen molar-refractivity contribution >= 4 is 6.03 Å². The Morgan fingerprint density at radius 3 is 2.36 bits per heavy atom. The zero-order valence-corrected chi connectivity index (χ0v) is 13.4. The van der Waals surface area contributed by atoms with Crippen LogP contribution in [0.5, 0.6) is 0 Å². The van der Waals surface area contributed by atoms with Gasteiger partial charge in [-0.2, -0.15) is 13.2 Å². The van der Waals surface area contributed by atoms with Crippen LogP contribution in [0.3, 0.4) is 0 Å². The van der Waals surface area contributed by atoms with E-state index in [1.165, 1.54) is 4.90 Å². The number of hydrogen-bond acceptors (Lipinski definition) is 3. The predicted molar refractivity (Wildman–Crippen MR) is 77.5 cm³/mol. The number of urea groups is 1. The molecule has 0 aromatic heterocycles. The molecule has 1 aliphatic rings. The average molecular weight is 325 g/mol. The summed E-state index contributed by atoms with van der Waals surface area (Å²) < 4.78 is 37.4. The van der Waals surface area contributed by atoms with Crippen molar-refractivity contribution in [3.8, 4) is 0 Å². The van der Waals surface area contributed by atoms with Gasteiger partial charge in [0.1, 0.15) is 0 Å². The van der Waals surface area contributed by atoms with E-state index in [9.17, 15) is 23.1 Å². The summed E-state index contributed by atoms with van der Waals surface area (Å²) in [6.45, 7) is 3.23. The molecule has 0 radical (unpaired) electrons. The summed E-state index contributed by atoms with van der Waals surface area (Å²) >= 11 is 0. The highest BCUT2D eigenvalue weighted by Crippen LogP contribution is 2.31. The van der Waals surface area contributed by atoms with Crippen LogP contribution in [-0.2, 0) is 0 Å². The molecule has 1 aliphatic heterocycles. The van der Waals surface area contributed by atoms with Gasteiger partial charge in [0.15, 0.2) is 6.10 Å². The van der Waals surface area contributed by atoms with E-state index in [-0.39, 0.29) is 38.0 Å². The first-order chi connectivity index (χ1) is 10.1. The van der Waals surface area contributed by atoms with E-state index in [2.05, 4.69) is 5.32 Å². The molecule has 22 heavy (non-hydrogen) atoms. The van der Waals surface area contributed by atoms with Crippen molar-refractivity contribution in [2.45, 2.75) is 44.5 Å². The van der Waals surface area contributed by atoms with Crippen LogP contribution in [0.25, 0.3) is 0 Å². The number of rotatable bonds is 5. The molecule has 1 fully saturated rings. The molecule has 2 amide bonds. The van der Waals surface area contributed by atoms with Gasteiger partial charge in [0.05, 0.1) is 0 Å². The molecule has 2 atom stereocenters. The summed E-state index contributed by atoms with van der Waals surface area (Å²) in [6.07, 6.45) is -5.74. The number of amides is 2. The van der Waals surface area contributed by atoms with Crippen molar-refractivity contribution in [3.05, 3.63) is 0 Å². The van der Waals surface area contributed by atoms with Gasteiger partial charge in [-0.15, -0.1) is 0 Å². The molecule has 1 rings (SSSR count). The number of alkyl halides is 3. The number of carbonyl (C=O) groups excluding carboxylic acids is 1. The van der Waals surface area contributed by atoms with Crippen LogP contribution in [0.2, 0.25) is 0 Å². The van der Waals surface area contributed by atoms with Crippen molar-refractivity contribution in [2.24, 2.45) is 5.92 Å². The first-order valence-electron chi connectivity index (χ1n) is 7.56. The number of likely N-dealkylation sites (tertiary alicyclic amines) is 1. The zero-order valence-electron chi connectivity index (χ0n) is 13.4. The number of nitrogens with one attached hydrogen (secondary N) is 1. The molecule has 8 heteroatoms. The van der Waals surface area contributed by atoms with Crippen LogP contribution < -0.4 is 5.32 Å². The van der Waals surface area contributed by atoms with Gasteiger partial charge in [-0.05, 0) is 52.7 Å². The normalized spacial score (nSPS) is 20.1. The number of nitrogens with zero attached hydrogens (tertiary/aromatic N) is 2. The van der Waals surface area contributed by atoms with E-state index < -0.39 is 18.2 Å². The summed E-state index contributed by atoms with van der Waals surface area (Å²) in [4.78, 5) is 15.6. The smallest absolute Gasteiger partial charge is 0.383 e. The van der Waals surface area contributed by atoms with E-state index in [4.69, 9.17) is 0 Å². The van der Waals surface area contributed by atoms with E-state index >= 15 is 0 Å². The number of carbonyl (C=O) groups is 1. The van der Waals surface area contributed by atoms with Crippen LogP contribution in [0.15, 0.2) is 0 Å². The molecule has 1 saturated heterocycles. The van der Waals surface area contributed by atoms with Crippen molar-refractivity contribution in [3.63, 3.8) is 0 Å². The van der Waals surface area contributed by atoms with Gasteiger partial charge in [0.25, 0.3) is 0 Å². The topological polar surface area (TPSA) is 55.8 Å². The molecule has 0 aliphatic carbocycles. The molecule has 2 N–H and O–H groups in total. The number of halogens is 3. The van der Waals surface area contributed by atoms with Crippen LogP contribution in [0.4, 0.5) is 18.0 Å². The third-order valence-electron chi connectivity index (χ3n) is 3.99. The van der Waals surface area contributed by atoms with Crippen molar-refractivity contribution < 1.29 is 23.1 Å². The fourth-order valence-corrected chi connectivity index (χ4v) is 2.51. The second kappa shape index (κ2) is 8.01. The molecular weight excluding hydrogens is 299 g/mol. The number of aliphatic hydroxyl groups excluding tert-OH is 1. The highest BCUT2D eigenvalue weighted by atomic mass is 19.4. The minimum Gasteiger partial charge on any atom is -0.383 e. The largest absolute Gasteiger partial charge is 0.414 e. The van der Waals surface area contributed by atoms with Gasteiger partial charge in [0, 0.05) is 19.1 Å². The zero-order chi connectivity index (χ0) is 16.9. The van der Waals surface area contributed by atoms with Gasteiger partial charge in [0.2, 0.25) is 0 Å². The molecule has 1 heterocycles. The Bertz CT molecular complexity index is 356. The predicted octanol–water partition coefficient (Wildman–Crippen LogP) is 1.67. The first-order valence-corrected chi connectivity index (χ1v) is 7.56. The Kier molecular flexibility index (Phi) is 6.93. The van der Waals surface area contributed by atoms with E-state index in [0.29, 0.717) is 0 Å². The Morgan fingerprint density at radius 1 is 1.36 bits per heavy atom. The Balaban J connectivity index is 2.36. The molecule has 5 nitrogen and oxygen atoms in total. The summed E-state index contributed by atoms with van der Waals surface area (Å²) in [6, 6.07) is -0.236. The van der Waals surface area contributed by atoms with Crippen LogP contribution in [0, 0.1) is 5.92 Å². The third kappa shape index (κ3) is 6.00. The van der Waals surface area contributed by atoms with Crippen molar-refractivity contribution in [1.29, 1.82) is 0 Å². The monoisotopic (exact) mass is 325 g/mol. The lowest BCUT2D eigenvalue weighted by Crippen LogP contribution is -2.50. The Labute approximate surface area is 129 Å². The number of piperidine rings is 1. The fourth-order valence-electron chi connectivity index (χ4n) is 2.51. The standard InChI is InChI=1S/C14H26F3N3O2/c1-10(4-7-19(2)3)18-13(22)20-8-5-11(6-9-20)12(21)14(15,16)17/h10-12,21H,4-9H2,1-3H3,(H,18,22). The van der Waals surface area contributed by atoms with E-state index in [1.54, 1.807) is 0 Å². The Hall–Kier alpha value is -1.02. The lowest BCUT2D eigenvalue weighted by atomic mass is 9.91. The lowest BCUT2D eigenvalue weighted by Gasteiger charge is -2.35. The molecular formula is C14H26F3N3O2. The molecule has 130 valence electrons. The van der Waals surface area contributed by atoms with Gasteiger partial charge in [-0.1, -0.05) is 0 Å². The molecule has 2 unspecified atom stereocenters. The maximum Gasteiger partial charge on any atom is 0.414 e. The summed E-state index contributed by atoms with van der Waals surface area (Å²) in [7, 11) is 3.90. The quantitative estimate of drug-likeness (QED) is 0.808. The van der Waals surface area contributed by atoms with Crippen LogP contribution >= 0.6 is 0 Å². The van der Waals surface area contributed by atoms with Crippen molar-refractivity contribution in [1.82, 2.24) is 15.1 Å². The van der Waals surface area contributed by atoms with E-state index in [1.807, 2.05) is 25.9 Å². The van der Waals surface area contributed by atoms with Crippen molar-refractivity contribution in [2.75, 3.05) is 33.7 Å². The number of hydrogen-bond donors (Lipinski definition) is 2. The van der Waals surface area contributed by atoms with Crippen LogP contribution in [0.1, 0.15) is 26.2 Å². The third-order valence-corrected chi connectivity index (χ3v) is 3.99. The second-order valence-corrected chi connectivity index (χ2v) is 6.25. The van der Waals surface area contributed by atoms with Gasteiger partial charge >= 0.3 is 12.2 Å². The summed E-state index contributed by atoms with van der Waals surface area (Å²) in [5.74, 6) is -0.824. The van der Waals surface area contributed by atoms with Gasteiger partial charge < -0.3 is 20.2 Å². The molecule has 0 saturated carbocycles. The SMILES string of the molecule is CC(CCN(C)C)NC(=O)N1CCC(C(O)C(F)(F)F)CC1. The van der Waals surface area contributed by atoms with Gasteiger partial charge in [-0.25, -0.2) is 4.79 Å². The van der Waals surface area contributed by atoms with Gasteiger partial charge in [-0.3, -0.25) is 0 Å². The maximum atomic E-state index is 12.5. The highest BCUT2D eigenvalue weighted by Gasteiger charge is 2.44. The second-order valence-electron chi connectivity index (χ2n) is 6.25. The van der Waals surface area contributed by atoms with E-state index in [0.717, 1.165) is 13.0 Å². The first kappa shape index (κ1) is 19.0. The Morgan fingerprint density at radius 2 is 1.91 bits per heavy atom. The minimum atomic E-state index is -4.59. The minimum absolute atomic E-state index is 0.00777. The fraction of sp³-hybridized carbons (Fsp3) is 0.929.